The lowest BCUT2D eigenvalue weighted by Gasteiger charge is -2.33. The monoisotopic (exact) mass is 964 g/mol. The first kappa shape index (κ1) is 42.7. The van der Waals surface area contributed by atoms with Gasteiger partial charge in [-0.3, -0.25) is 0 Å². The molecule has 14 aromatic rings. The summed E-state index contributed by atoms with van der Waals surface area (Å²) in [7, 11) is 0. The molecule has 76 heavy (non-hydrogen) atoms. The molecule has 0 aliphatic heterocycles. The van der Waals surface area contributed by atoms with Crippen LogP contribution in [0.5, 0.6) is 0 Å². The number of para-hydroxylation sites is 2. The third-order valence-corrected chi connectivity index (χ3v) is 17.1. The number of hydrogen-bond donors (Lipinski definition) is 0. The molecule has 0 fully saturated rings. The Morgan fingerprint density at radius 1 is 0.211 bits per heavy atom. The van der Waals surface area contributed by atoms with Crippen molar-refractivity contribution in [1.82, 2.24) is 9.13 Å². The Hall–Kier alpha value is -9.76. The minimum atomic E-state index is -0.443. The molecule has 2 aromatic heterocycles. The zero-order valence-corrected chi connectivity index (χ0v) is 41.6. The van der Waals surface area contributed by atoms with E-state index in [1.54, 1.807) is 0 Å². The fourth-order valence-corrected chi connectivity index (χ4v) is 14.0. The molecular formula is C74H48N2. The standard InChI is InChI=1S/C74H48N2/c1-5-21-51(22-6-1)73(52-23-7-2-8-24-52)65-33-17-13-29-57(65)61-47-55(39-41-67(61)73)75-69-35-19-15-31-59(69)63-45-49(37-43-71(63)75)50-38-44-72-64(46-50)60-32-16-20-36-70(60)76(72)56-40-42-68-62(48-56)58-30-14-18-34-66(58)74(68,53-25-9-3-10-26-53)54-27-11-4-12-28-54/h1-48H. The van der Waals surface area contributed by atoms with Gasteiger partial charge in [0, 0.05) is 32.9 Å². The third-order valence-electron chi connectivity index (χ3n) is 17.1. The van der Waals surface area contributed by atoms with Crippen LogP contribution in [0.3, 0.4) is 0 Å². The van der Waals surface area contributed by atoms with Gasteiger partial charge in [-0.1, -0.05) is 231 Å². The zero-order valence-electron chi connectivity index (χ0n) is 41.6. The predicted octanol–water partition coefficient (Wildman–Crippen LogP) is 18.3. The summed E-state index contributed by atoms with van der Waals surface area (Å²) < 4.78 is 4.94. The summed E-state index contributed by atoms with van der Waals surface area (Å²) in [5.41, 5.74) is 24.0. The number of hydrogen-bond acceptors (Lipinski definition) is 0. The van der Waals surface area contributed by atoms with Crippen molar-refractivity contribution in [1.29, 1.82) is 0 Å². The molecule has 354 valence electrons. The Morgan fingerprint density at radius 3 is 0.921 bits per heavy atom. The molecule has 0 unspecified atom stereocenters. The first-order valence-corrected chi connectivity index (χ1v) is 26.5. The van der Waals surface area contributed by atoms with E-state index >= 15 is 0 Å². The highest BCUT2D eigenvalue weighted by molar-refractivity contribution is 6.13. The van der Waals surface area contributed by atoms with Crippen LogP contribution in [0.15, 0.2) is 291 Å². The van der Waals surface area contributed by atoms with Crippen molar-refractivity contribution in [3.05, 3.63) is 336 Å². The summed E-state index contributed by atoms with van der Waals surface area (Å²) in [5.74, 6) is 0. The van der Waals surface area contributed by atoms with Crippen molar-refractivity contribution >= 4 is 43.6 Å². The Balaban J connectivity index is 0.834. The van der Waals surface area contributed by atoms with E-state index in [9.17, 15) is 0 Å². The molecule has 0 bridgehead atoms. The molecule has 0 amide bonds. The second kappa shape index (κ2) is 16.4. The molecule has 0 radical (unpaired) electrons. The molecule has 2 heterocycles. The van der Waals surface area contributed by atoms with Gasteiger partial charge in [0.25, 0.3) is 0 Å². The normalized spacial score (nSPS) is 13.7. The predicted molar refractivity (Wildman–Crippen MR) is 315 cm³/mol. The highest BCUT2D eigenvalue weighted by Gasteiger charge is 2.47. The van der Waals surface area contributed by atoms with Gasteiger partial charge in [0.05, 0.1) is 32.9 Å². The molecule has 0 N–H and O–H groups in total. The lowest BCUT2D eigenvalue weighted by atomic mass is 9.68. The van der Waals surface area contributed by atoms with E-state index in [1.165, 1.54) is 122 Å². The van der Waals surface area contributed by atoms with E-state index in [0.717, 1.165) is 11.4 Å². The van der Waals surface area contributed by atoms with Gasteiger partial charge in [0.2, 0.25) is 0 Å². The van der Waals surface area contributed by atoms with Crippen molar-refractivity contribution in [3.8, 4) is 44.8 Å². The van der Waals surface area contributed by atoms with E-state index in [-0.39, 0.29) is 0 Å². The van der Waals surface area contributed by atoms with Crippen LogP contribution in [0.2, 0.25) is 0 Å². The lowest BCUT2D eigenvalue weighted by Crippen LogP contribution is -2.28. The molecule has 12 aromatic carbocycles. The maximum Gasteiger partial charge on any atom is 0.0713 e. The average Bonchev–Trinajstić information content (AvgIpc) is 4.36. The summed E-state index contributed by atoms with van der Waals surface area (Å²) in [4.78, 5) is 0. The largest absolute Gasteiger partial charge is 0.309 e. The summed E-state index contributed by atoms with van der Waals surface area (Å²) >= 11 is 0. The second-order valence-electron chi connectivity index (χ2n) is 20.7. The summed E-state index contributed by atoms with van der Waals surface area (Å²) in [6, 6.07) is 109. The van der Waals surface area contributed by atoms with Gasteiger partial charge < -0.3 is 9.13 Å². The van der Waals surface area contributed by atoms with Crippen LogP contribution < -0.4 is 0 Å². The topological polar surface area (TPSA) is 9.86 Å². The highest BCUT2D eigenvalue weighted by Crippen LogP contribution is 2.58. The van der Waals surface area contributed by atoms with E-state index in [0.29, 0.717) is 0 Å². The van der Waals surface area contributed by atoms with E-state index in [2.05, 4.69) is 300 Å². The molecular weight excluding hydrogens is 917 g/mol. The quantitative estimate of drug-likeness (QED) is 0.151. The van der Waals surface area contributed by atoms with E-state index < -0.39 is 10.8 Å². The molecule has 0 spiro atoms. The van der Waals surface area contributed by atoms with Gasteiger partial charge in [0.15, 0.2) is 0 Å². The number of fused-ring (bicyclic) bond motifs is 12. The van der Waals surface area contributed by atoms with Crippen LogP contribution in [0, 0.1) is 0 Å². The van der Waals surface area contributed by atoms with E-state index in [4.69, 9.17) is 0 Å². The zero-order chi connectivity index (χ0) is 50.0. The molecule has 2 heteroatoms. The third kappa shape index (κ3) is 5.81. The van der Waals surface area contributed by atoms with Crippen LogP contribution in [-0.2, 0) is 10.8 Å². The minimum Gasteiger partial charge on any atom is -0.309 e. The maximum atomic E-state index is 2.47. The second-order valence-corrected chi connectivity index (χ2v) is 20.7. The molecule has 0 atom stereocenters. The van der Waals surface area contributed by atoms with Gasteiger partial charge in [-0.15, -0.1) is 0 Å². The maximum absolute atomic E-state index is 2.47. The van der Waals surface area contributed by atoms with E-state index in [1.807, 2.05) is 0 Å². The van der Waals surface area contributed by atoms with Crippen LogP contribution in [0.25, 0.3) is 88.4 Å². The molecule has 0 saturated carbocycles. The van der Waals surface area contributed by atoms with Crippen LogP contribution in [0.1, 0.15) is 44.5 Å². The van der Waals surface area contributed by atoms with Crippen molar-refractivity contribution in [2.24, 2.45) is 0 Å². The van der Waals surface area contributed by atoms with Crippen molar-refractivity contribution in [2.75, 3.05) is 0 Å². The number of benzene rings is 12. The van der Waals surface area contributed by atoms with Crippen LogP contribution in [-0.4, -0.2) is 9.13 Å². The molecule has 0 saturated heterocycles. The van der Waals surface area contributed by atoms with Gasteiger partial charge in [0.1, 0.15) is 0 Å². The molecule has 2 nitrogen and oxygen atoms in total. The minimum absolute atomic E-state index is 0.443. The number of aromatic nitrogens is 2. The smallest absolute Gasteiger partial charge is 0.0713 e. The van der Waals surface area contributed by atoms with Crippen molar-refractivity contribution < 1.29 is 0 Å². The fraction of sp³-hybridized carbons (Fsp3) is 0.0270. The van der Waals surface area contributed by atoms with Gasteiger partial charge in [-0.05, 0) is 139 Å². The highest BCUT2D eigenvalue weighted by atomic mass is 15.0. The van der Waals surface area contributed by atoms with Crippen LogP contribution >= 0.6 is 0 Å². The number of nitrogens with zero attached hydrogens (tertiary/aromatic N) is 2. The van der Waals surface area contributed by atoms with Gasteiger partial charge >= 0.3 is 0 Å². The molecule has 2 aliphatic carbocycles. The fourth-order valence-electron chi connectivity index (χ4n) is 14.0. The van der Waals surface area contributed by atoms with Crippen molar-refractivity contribution in [2.45, 2.75) is 10.8 Å². The Morgan fingerprint density at radius 2 is 0.526 bits per heavy atom. The summed E-state index contributed by atoms with van der Waals surface area (Å²) in [6.45, 7) is 0. The summed E-state index contributed by atoms with van der Waals surface area (Å²) in [6.07, 6.45) is 0. The first-order valence-electron chi connectivity index (χ1n) is 26.5. The average molecular weight is 965 g/mol. The SMILES string of the molecule is c1ccc(C2(c3ccccc3)c3ccccc3-c3cc(-n4c5ccccc5c5cc(-c6ccc7c(c6)c6ccccc6n7-c6ccc7c(c6)-c6ccccc6C7(c6ccccc6)c6ccccc6)ccc54)ccc32)cc1. The first-order chi connectivity index (χ1) is 37.7. The van der Waals surface area contributed by atoms with Gasteiger partial charge in [-0.25, -0.2) is 0 Å². The van der Waals surface area contributed by atoms with Gasteiger partial charge in [-0.2, -0.15) is 0 Å². The Labute approximate surface area is 441 Å². The van der Waals surface area contributed by atoms with Crippen LogP contribution in [0.4, 0.5) is 0 Å². The lowest BCUT2D eigenvalue weighted by molar-refractivity contribution is 0.768. The van der Waals surface area contributed by atoms with Crippen molar-refractivity contribution in [3.63, 3.8) is 0 Å². The number of rotatable bonds is 7. The Bertz CT molecular complexity index is 4240. The molecule has 16 rings (SSSR count). The molecule has 2 aliphatic rings. The summed E-state index contributed by atoms with van der Waals surface area (Å²) in [5, 5.41) is 4.95. The Kier molecular flexibility index (Phi) is 9.20.